The lowest BCUT2D eigenvalue weighted by Crippen LogP contribution is -2.19. The van der Waals surface area contributed by atoms with Crippen molar-refractivity contribution >= 4 is 45.0 Å². The van der Waals surface area contributed by atoms with Crippen molar-refractivity contribution in [1.82, 2.24) is 5.32 Å². The number of halogens is 1. The van der Waals surface area contributed by atoms with Crippen LogP contribution in [0, 0.1) is 0 Å². The van der Waals surface area contributed by atoms with Crippen LogP contribution in [0.25, 0.3) is 0 Å². The van der Waals surface area contributed by atoms with E-state index in [0.717, 1.165) is 21.3 Å². The number of carbonyl (C=O) groups is 1. The number of nitrogens with one attached hydrogen (secondary N) is 1. The molecule has 0 aliphatic carbocycles. The molecule has 1 fully saturated rings. The van der Waals surface area contributed by atoms with Crippen LogP contribution >= 0.6 is 27.7 Å². The van der Waals surface area contributed by atoms with Gasteiger partial charge in [-0.3, -0.25) is 4.79 Å². The quantitative estimate of drug-likeness (QED) is 0.612. The van der Waals surface area contributed by atoms with Crippen molar-refractivity contribution in [2.75, 3.05) is 5.75 Å². The fraction of sp³-hybridized carbons (Fsp3) is 0.118. The highest BCUT2D eigenvalue weighted by Crippen LogP contribution is 2.19. The summed E-state index contributed by atoms with van der Waals surface area (Å²) in [7, 11) is 0. The standard InChI is InChI=1S/C17H14BrN3O2S/c18-15-7-2-1-5-13(15)10-23-14-6-3-4-12(8-14)9-19-21-17-20-16(22)11-24-17/h1-9H,10-11H2,(H,20,21,22). The van der Waals surface area contributed by atoms with E-state index in [-0.39, 0.29) is 5.91 Å². The zero-order valence-electron chi connectivity index (χ0n) is 12.6. The van der Waals surface area contributed by atoms with Crippen LogP contribution < -0.4 is 10.1 Å². The Labute approximate surface area is 152 Å². The van der Waals surface area contributed by atoms with E-state index in [9.17, 15) is 4.79 Å². The van der Waals surface area contributed by atoms with E-state index in [2.05, 4.69) is 31.4 Å². The van der Waals surface area contributed by atoms with Crippen LogP contribution in [-0.2, 0) is 11.4 Å². The molecule has 0 aromatic heterocycles. The second-order valence-corrected chi connectivity index (χ2v) is 6.76. The van der Waals surface area contributed by atoms with Crippen LogP contribution in [0.2, 0.25) is 0 Å². The minimum Gasteiger partial charge on any atom is -0.489 e. The Morgan fingerprint density at radius 3 is 2.92 bits per heavy atom. The molecule has 24 heavy (non-hydrogen) atoms. The second kappa shape index (κ2) is 8.12. The van der Waals surface area contributed by atoms with Crippen molar-refractivity contribution in [2.45, 2.75) is 6.61 Å². The van der Waals surface area contributed by atoms with Gasteiger partial charge in [0, 0.05) is 10.0 Å². The van der Waals surface area contributed by atoms with Crippen LogP contribution in [-0.4, -0.2) is 23.0 Å². The number of hydrogen-bond acceptors (Lipinski definition) is 5. The van der Waals surface area contributed by atoms with Crippen LogP contribution in [0.1, 0.15) is 11.1 Å². The third kappa shape index (κ3) is 4.69. The number of thioether (sulfide) groups is 1. The molecule has 1 saturated heterocycles. The smallest absolute Gasteiger partial charge is 0.236 e. The number of amides is 1. The predicted molar refractivity (Wildman–Crippen MR) is 101 cm³/mol. The van der Waals surface area contributed by atoms with Crippen molar-refractivity contribution in [1.29, 1.82) is 0 Å². The Balaban J connectivity index is 1.62. The van der Waals surface area contributed by atoms with Gasteiger partial charge in [-0.2, -0.15) is 5.10 Å². The van der Waals surface area contributed by atoms with Crippen molar-refractivity contribution < 1.29 is 9.53 Å². The summed E-state index contributed by atoms with van der Waals surface area (Å²) in [6.45, 7) is 0.479. The maximum Gasteiger partial charge on any atom is 0.236 e. The van der Waals surface area contributed by atoms with Gasteiger partial charge in [-0.25, -0.2) is 0 Å². The summed E-state index contributed by atoms with van der Waals surface area (Å²) in [5.74, 6) is 1.11. The zero-order chi connectivity index (χ0) is 16.8. The van der Waals surface area contributed by atoms with Crippen LogP contribution in [0.15, 0.2) is 63.2 Å². The molecule has 0 atom stereocenters. The maximum atomic E-state index is 11.1. The third-order valence-corrected chi connectivity index (χ3v) is 4.79. The third-order valence-electron chi connectivity index (χ3n) is 3.15. The van der Waals surface area contributed by atoms with Gasteiger partial charge >= 0.3 is 0 Å². The molecule has 122 valence electrons. The normalized spacial score (nSPS) is 15.9. The summed E-state index contributed by atoms with van der Waals surface area (Å²) in [6, 6.07) is 15.5. The van der Waals surface area contributed by atoms with Gasteiger partial charge < -0.3 is 10.1 Å². The summed E-state index contributed by atoms with van der Waals surface area (Å²) in [5.41, 5.74) is 1.95. The van der Waals surface area contributed by atoms with Crippen molar-refractivity contribution in [3.8, 4) is 5.75 Å². The SMILES string of the molecule is O=C1CSC(=NN=Cc2cccc(OCc3ccccc3Br)c2)N1. The minimum absolute atomic E-state index is 0.0450. The number of rotatable bonds is 5. The highest BCUT2D eigenvalue weighted by Gasteiger charge is 2.15. The van der Waals surface area contributed by atoms with E-state index in [0.29, 0.717) is 17.5 Å². The highest BCUT2D eigenvalue weighted by atomic mass is 79.9. The number of hydrogen-bond donors (Lipinski definition) is 1. The average Bonchev–Trinajstić information content (AvgIpc) is 3.00. The molecule has 2 aromatic rings. The van der Waals surface area contributed by atoms with Crippen LogP contribution in [0.5, 0.6) is 5.75 Å². The Morgan fingerprint density at radius 1 is 1.25 bits per heavy atom. The molecule has 0 radical (unpaired) electrons. The van der Waals surface area contributed by atoms with Gasteiger partial charge in [-0.1, -0.05) is 58.0 Å². The lowest BCUT2D eigenvalue weighted by atomic mass is 10.2. The van der Waals surface area contributed by atoms with Gasteiger partial charge in [0.05, 0.1) is 12.0 Å². The average molecular weight is 404 g/mol. The Hall–Kier alpha value is -2.12. The molecule has 3 rings (SSSR count). The molecule has 0 bridgehead atoms. The molecule has 0 unspecified atom stereocenters. The maximum absolute atomic E-state index is 11.1. The highest BCUT2D eigenvalue weighted by molar-refractivity contribution is 9.10. The molecule has 7 heteroatoms. The van der Waals surface area contributed by atoms with Crippen molar-refractivity contribution in [3.63, 3.8) is 0 Å². The first-order valence-corrected chi connectivity index (χ1v) is 8.98. The molecule has 1 heterocycles. The molecular formula is C17H14BrN3O2S. The van der Waals surface area contributed by atoms with Gasteiger partial charge in [0.1, 0.15) is 12.4 Å². The fourth-order valence-electron chi connectivity index (χ4n) is 1.99. The molecule has 1 aliphatic heterocycles. The first-order valence-electron chi connectivity index (χ1n) is 7.21. The van der Waals surface area contributed by atoms with E-state index < -0.39 is 0 Å². The molecule has 1 amide bonds. The number of nitrogens with zero attached hydrogens (tertiary/aromatic N) is 2. The molecule has 5 nitrogen and oxygen atoms in total. The molecule has 0 saturated carbocycles. The van der Waals surface area contributed by atoms with Crippen LogP contribution in [0.4, 0.5) is 0 Å². The summed E-state index contributed by atoms with van der Waals surface area (Å²) < 4.78 is 6.84. The predicted octanol–water partition coefficient (Wildman–Crippen LogP) is 3.58. The molecule has 2 aromatic carbocycles. The Bertz CT molecular complexity index is 808. The first kappa shape index (κ1) is 16.7. The van der Waals surface area contributed by atoms with Crippen molar-refractivity contribution in [2.24, 2.45) is 10.2 Å². The molecule has 0 spiro atoms. The lowest BCUT2D eigenvalue weighted by molar-refractivity contribution is -0.116. The topological polar surface area (TPSA) is 63.0 Å². The van der Waals surface area contributed by atoms with E-state index >= 15 is 0 Å². The van der Waals surface area contributed by atoms with Gasteiger partial charge in [-0.15, -0.1) is 5.10 Å². The largest absolute Gasteiger partial charge is 0.489 e. The Morgan fingerprint density at radius 2 is 2.12 bits per heavy atom. The molecule has 1 N–H and O–H groups in total. The second-order valence-electron chi connectivity index (χ2n) is 4.94. The number of ether oxygens (including phenoxy) is 1. The lowest BCUT2D eigenvalue weighted by Gasteiger charge is -2.08. The van der Waals surface area contributed by atoms with E-state index in [1.807, 2.05) is 48.5 Å². The summed E-state index contributed by atoms with van der Waals surface area (Å²) >= 11 is 4.85. The summed E-state index contributed by atoms with van der Waals surface area (Å²) in [6.07, 6.45) is 1.63. The van der Waals surface area contributed by atoms with Gasteiger partial charge in [-0.05, 0) is 23.8 Å². The van der Waals surface area contributed by atoms with Gasteiger partial charge in [0.25, 0.3) is 0 Å². The van der Waals surface area contributed by atoms with Gasteiger partial charge in [0.2, 0.25) is 5.91 Å². The van der Waals surface area contributed by atoms with E-state index in [1.54, 1.807) is 6.21 Å². The molecule has 1 aliphatic rings. The van der Waals surface area contributed by atoms with E-state index in [1.165, 1.54) is 11.8 Å². The number of benzene rings is 2. The number of amidine groups is 1. The van der Waals surface area contributed by atoms with Crippen molar-refractivity contribution in [3.05, 3.63) is 64.1 Å². The fourth-order valence-corrected chi connectivity index (χ4v) is 3.02. The first-order chi connectivity index (χ1) is 11.7. The zero-order valence-corrected chi connectivity index (χ0v) is 15.0. The van der Waals surface area contributed by atoms with E-state index in [4.69, 9.17) is 4.74 Å². The Kier molecular flexibility index (Phi) is 5.66. The summed E-state index contributed by atoms with van der Waals surface area (Å²) in [5, 5.41) is 11.1. The minimum atomic E-state index is -0.0450. The van der Waals surface area contributed by atoms with Gasteiger partial charge in [0.15, 0.2) is 5.17 Å². The number of carbonyl (C=O) groups excluding carboxylic acids is 1. The molecular weight excluding hydrogens is 390 g/mol. The van der Waals surface area contributed by atoms with Crippen LogP contribution in [0.3, 0.4) is 0 Å². The summed E-state index contributed by atoms with van der Waals surface area (Å²) in [4.78, 5) is 11.1. The monoisotopic (exact) mass is 403 g/mol.